The van der Waals surface area contributed by atoms with E-state index in [2.05, 4.69) is 10.6 Å². The number of nitrogens with zero attached hydrogens (tertiary/aromatic N) is 1. The number of rotatable bonds is 9. The molecule has 0 radical (unpaired) electrons. The first kappa shape index (κ1) is 25.0. The van der Waals surface area contributed by atoms with Crippen molar-refractivity contribution in [3.63, 3.8) is 0 Å². The fourth-order valence-corrected chi connectivity index (χ4v) is 4.45. The first-order valence-electron chi connectivity index (χ1n) is 10.9. The standard InChI is InChI=1S/C26H29N3O4S/c1-19-13-14-20(2)24(17-19)29(34(3,32)33)18-25(30)28-23-12-8-7-11-22(23)26(31)27-16-15-21-9-5-4-6-10-21/h4-14,17H,15-16,18H2,1-3H3,(H,27,31)(H,28,30). The normalized spacial score (nSPS) is 11.0. The Balaban J connectivity index is 1.71. The summed E-state index contributed by atoms with van der Waals surface area (Å²) in [6.45, 7) is 3.68. The van der Waals surface area contributed by atoms with Crippen LogP contribution in [-0.4, -0.2) is 39.6 Å². The smallest absolute Gasteiger partial charge is 0.253 e. The Hall–Kier alpha value is -3.65. The van der Waals surface area contributed by atoms with Crippen molar-refractivity contribution in [1.82, 2.24) is 5.32 Å². The molecule has 0 aliphatic rings. The highest BCUT2D eigenvalue weighted by Gasteiger charge is 2.23. The number of amides is 2. The van der Waals surface area contributed by atoms with Gasteiger partial charge in [-0.2, -0.15) is 0 Å². The maximum absolute atomic E-state index is 12.9. The number of benzene rings is 3. The molecule has 0 saturated heterocycles. The Morgan fingerprint density at radius 3 is 2.29 bits per heavy atom. The minimum atomic E-state index is -3.72. The van der Waals surface area contributed by atoms with Gasteiger partial charge < -0.3 is 10.6 Å². The van der Waals surface area contributed by atoms with Gasteiger partial charge in [-0.15, -0.1) is 0 Å². The molecule has 0 heterocycles. The Labute approximate surface area is 200 Å². The summed E-state index contributed by atoms with van der Waals surface area (Å²) in [5.41, 5.74) is 3.80. The molecule has 0 bridgehead atoms. The zero-order chi connectivity index (χ0) is 24.7. The second kappa shape index (κ2) is 11.0. The summed E-state index contributed by atoms with van der Waals surface area (Å²) in [6.07, 6.45) is 1.75. The highest BCUT2D eigenvalue weighted by molar-refractivity contribution is 7.92. The maximum Gasteiger partial charge on any atom is 0.253 e. The van der Waals surface area contributed by atoms with Crippen LogP contribution >= 0.6 is 0 Å². The lowest BCUT2D eigenvalue weighted by molar-refractivity contribution is -0.114. The molecule has 3 aromatic carbocycles. The van der Waals surface area contributed by atoms with E-state index in [1.54, 1.807) is 37.3 Å². The molecule has 0 unspecified atom stereocenters. The maximum atomic E-state index is 12.9. The predicted octanol–water partition coefficient (Wildman–Crippen LogP) is 3.68. The van der Waals surface area contributed by atoms with Crippen molar-refractivity contribution in [3.05, 3.63) is 95.1 Å². The van der Waals surface area contributed by atoms with Gasteiger partial charge in [-0.25, -0.2) is 8.42 Å². The summed E-state index contributed by atoms with van der Waals surface area (Å²) < 4.78 is 26.0. The summed E-state index contributed by atoms with van der Waals surface area (Å²) in [5.74, 6) is -0.864. The van der Waals surface area contributed by atoms with Crippen molar-refractivity contribution in [1.29, 1.82) is 0 Å². The zero-order valence-corrected chi connectivity index (χ0v) is 20.4. The number of carbonyl (C=O) groups is 2. The van der Waals surface area contributed by atoms with Crippen LogP contribution in [0.3, 0.4) is 0 Å². The van der Waals surface area contributed by atoms with Gasteiger partial charge in [0.15, 0.2) is 0 Å². The van der Waals surface area contributed by atoms with Crippen molar-refractivity contribution in [2.24, 2.45) is 0 Å². The molecular weight excluding hydrogens is 450 g/mol. The van der Waals surface area contributed by atoms with Crippen LogP contribution in [0.4, 0.5) is 11.4 Å². The van der Waals surface area contributed by atoms with E-state index < -0.39 is 22.5 Å². The molecule has 0 atom stereocenters. The Kier molecular flexibility index (Phi) is 8.07. The number of aryl methyl sites for hydroxylation is 2. The molecule has 0 aliphatic heterocycles. The number of para-hydroxylation sites is 1. The molecule has 2 N–H and O–H groups in total. The second-order valence-corrected chi connectivity index (χ2v) is 10.1. The molecule has 3 aromatic rings. The second-order valence-electron chi connectivity index (χ2n) is 8.14. The number of hydrogen-bond donors (Lipinski definition) is 2. The van der Waals surface area contributed by atoms with Crippen molar-refractivity contribution in [2.45, 2.75) is 20.3 Å². The van der Waals surface area contributed by atoms with E-state index >= 15 is 0 Å². The van der Waals surface area contributed by atoms with Gasteiger partial charge >= 0.3 is 0 Å². The molecule has 178 valence electrons. The molecule has 34 heavy (non-hydrogen) atoms. The monoisotopic (exact) mass is 479 g/mol. The topological polar surface area (TPSA) is 95.6 Å². The molecular formula is C26H29N3O4S. The molecule has 7 nitrogen and oxygen atoms in total. The van der Waals surface area contributed by atoms with Crippen LogP contribution in [0, 0.1) is 13.8 Å². The minimum Gasteiger partial charge on any atom is -0.352 e. The van der Waals surface area contributed by atoms with Gasteiger partial charge in [-0.3, -0.25) is 13.9 Å². The summed E-state index contributed by atoms with van der Waals surface area (Å²) in [7, 11) is -3.72. The van der Waals surface area contributed by atoms with Gasteiger partial charge in [0.05, 0.1) is 23.2 Å². The Bertz CT molecular complexity index is 1270. The van der Waals surface area contributed by atoms with E-state index in [1.807, 2.05) is 49.4 Å². The molecule has 0 aromatic heterocycles. The van der Waals surface area contributed by atoms with Gasteiger partial charge in [0, 0.05) is 6.54 Å². The number of anilines is 2. The number of sulfonamides is 1. The lowest BCUT2D eigenvalue weighted by Gasteiger charge is -2.24. The van der Waals surface area contributed by atoms with Gasteiger partial charge in [0.25, 0.3) is 5.91 Å². The number of carbonyl (C=O) groups excluding carboxylic acids is 2. The van der Waals surface area contributed by atoms with Crippen LogP contribution in [0.15, 0.2) is 72.8 Å². The first-order valence-corrected chi connectivity index (χ1v) is 12.8. The third kappa shape index (κ3) is 6.68. The number of hydrogen-bond acceptors (Lipinski definition) is 4. The molecule has 2 amide bonds. The molecule has 0 aliphatic carbocycles. The average molecular weight is 480 g/mol. The highest BCUT2D eigenvalue weighted by Crippen LogP contribution is 2.24. The summed E-state index contributed by atoms with van der Waals surface area (Å²) in [6, 6.07) is 21.9. The lowest BCUT2D eigenvalue weighted by atomic mass is 10.1. The lowest BCUT2D eigenvalue weighted by Crippen LogP contribution is -2.38. The molecule has 8 heteroatoms. The van der Waals surface area contributed by atoms with Crippen LogP contribution in [0.25, 0.3) is 0 Å². The summed E-state index contributed by atoms with van der Waals surface area (Å²) in [4.78, 5) is 25.6. The van der Waals surface area contributed by atoms with Gasteiger partial charge in [0.1, 0.15) is 6.54 Å². The highest BCUT2D eigenvalue weighted by atomic mass is 32.2. The third-order valence-electron chi connectivity index (χ3n) is 5.31. The fraction of sp³-hybridized carbons (Fsp3) is 0.231. The van der Waals surface area contributed by atoms with Crippen molar-refractivity contribution < 1.29 is 18.0 Å². The first-order chi connectivity index (χ1) is 16.1. The molecule has 0 spiro atoms. The van der Waals surface area contributed by atoms with Crippen LogP contribution < -0.4 is 14.9 Å². The molecule has 0 fully saturated rings. The summed E-state index contributed by atoms with van der Waals surface area (Å²) in [5, 5.41) is 5.57. The van der Waals surface area contributed by atoms with E-state index in [0.717, 1.165) is 27.3 Å². The van der Waals surface area contributed by atoms with Gasteiger partial charge in [-0.05, 0) is 55.2 Å². The largest absolute Gasteiger partial charge is 0.352 e. The van der Waals surface area contributed by atoms with E-state index in [9.17, 15) is 18.0 Å². The van der Waals surface area contributed by atoms with Gasteiger partial charge in [0.2, 0.25) is 15.9 Å². The fourth-order valence-electron chi connectivity index (χ4n) is 3.54. The SMILES string of the molecule is Cc1ccc(C)c(N(CC(=O)Nc2ccccc2C(=O)NCCc2ccccc2)S(C)(=O)=O)c1. The molecule has 3 rings (SSSR count). The zero-order valence-electron chi connectivity index (χ0n) is 19.5. The third-order valence-corrected chi connectivity index (χ3v) is 6.44. The Morgan fingerprint density at radius 1 is 0.912 bits per heavy atom. The quantitative estimate of drug-likeness (QED) is 0.489. The Morgan fingerprint density at radius 2 is 1.59 bits per heavy atom. The van der Waals surface area contributed by atoms with E-state index in [-0.39, 0.29) is 5.91 Å². The van der Waals surface area contributed by atoms with E-state index in [4.69, 9.17) is 0 Å². The van der Waals surface area contributed by atoms with Gasteiger partial charge in [-0.1, -0.05) is 54.6 Å². The van der Waals surface area contributed by atoms with Crippen LogP contribution in [0.5, 0.6) is 0 Å². The van der Waals surface area contributed by atoms with Crippen molar-refractivity contribution in [3.8, 4) is 0 Å². The van der Waals surface area contributed by atoms with E-state index in [1.165, 1.54) is 0 Å². The number of nitrogens with one attached hydrogen (secondary N) is 2. The summed E-state index contributed by atoms with van der Waals surface area (Å²) >= 11 is 0. The van der Waals surface area contributed by atoms with Crippen LogP contribution in [0.1, 0.15) is 27.0 Å². The van der Waals surface area contributed by atoms with Crippen LogP contribution in [0.2, 0.25) is 0 Å². The van der Waals surface area contributed by atoms with Crippen LogP contribution in [-0.2, 0) is 21.2 Å². The predicted molar refractivity (Wildman–Crippen MR) is 136 cm³/mol. The van der Waals surface area contributed by atoms with E-state index in [0.29, 0.717) is 29.9 Å². The minimum absolute atomic E-state index is 0.307. The average Bonchev–Trinajstić information content (AvgIpc) is 2.79. The van der Waals surface area contributed by atoms with Crippen molar-refractivity contribution >= 4 is 33.2 Å². The molecule has 0 saturated carbocycles. The van der Waals surface area contributed by atoms with Crippen molar-refractivity contribution in [2.75, 3.05) is 29.0 Å².